The van der Waals surface area contributed by atoms with E-state index < -0.39 is 5.97 Å². The lowest BCUT2D eigenvalue weighted by Crippen LogP contribution is -2.16. The third kappa shape index (κ3) is 3.02. The molecule has 0 spiro atoms. The molecule has 0 fully saturated rings. The first kappa shape index (κ1) is 13.8. The van der Waals surface area contributed by atoms with Crippen LogP contribution in [-0.4, -0.2) is 38.5 Å². The molecule has 8 nitrogen and oxygen atoms in total. The van der Waals surface area contributed by atoms with E-state index in [1.54, 1.807) is 19.3 Å². The van der Waals surface area contributed by atoms with Gasteiger partial charge in [0.05, 0.1) is 24.7 Å². The summed E-state index contributed by atoms with van der Waals surface area (Å²) in [7, 11) is 3.00. The maximum absolute atomic E-state index is 12.0. The Labute approximate surface area is 115 Å². The molecule has 0 aliphatic heterocycles. The van der Waals surface area contributed by atoms with Gasteiger partial charge in [0.2, 0.25) is 0 Å². The minimum absolute atomic E-state index is 0.00279. The topological polar surface area (TPSA) is 91.0 Å². The van der Waals surface area contributed by atoms with Crippen LogP contribution in [0.2, 0.25) is 0 Å². The van der Waals surface area contributed by atoms with Crippen LogP contribution in [0.15, 0.2) is 18.5 Å². The van der Waals surface area contributed by atoms with E-state index in [1.807, 2.05) is 6.92 Å². The lowest BCUT2D eigenvalue weighted by Gasteiger charge is -2.02. The maximum atomic E-state index is 12.0. The van der Waals surface area contributed by atoms with E-state index in [-0.39, 0.29) is 12.5 Å². The van der Waals surface area contributed by atoms with Crippen LogP contribution >= 0.6 is 0 Å². The number of anilines is 1. The number of rotatable bonds is 4. The number of aromatic nitrogens is 4. The van der Waals surface area contributed by atoms with Gasteiger partial charge in [-0.3, -0.25) is 19.0 Å². The van der Waals surface area contributed by atoms with Gasteiger partial charge in [-0.1, -0.05) is 0 Å². The number of nitrogens with zero attached hydrogens (tertiary/aromatic N) is 4. The Morgan fingerprint density at radius 2 is 2.20 bits per heavy atom. The molecule has 0 radical (unpaired) electrons. The van der Waals surface area contributed by atoms with Crippen LogP contribution in [0.25, 0.3) is 0 Å². The van der Waals surface area contributed by atoms with Gasteiger partial charge in [0.15, 0.2) is 0 Å². The Hall–Kier alpha value is -2.64. The van der Waals surface area contributed by atoms with Crippen LogP contribution in [0.1, 0.15) is 16.2 Å². The highest BCUT2D eigenvalue weighted by molar-refractivity contribution is 6.03. The molecule has 0 saturated carbocycles. The molecule has 0 saturated heterocycles. The molecule has 0 aliphatic rings. The monoisotopic (exact) mass is 277 g/mol. The summed E-state index contributed by atoms with van der Waals surface area (Å²) >= 11 is 0. The van der Waals surface area contributed by atoms with Crippen molar-refractivity contribution in [1.82, 2.24) is 19.6 Å². The summed E-state index contributed by atoms with van der Waals surface area (Å²) in [5.74, 6) is -0.695. The number of ether oxygens (including phenoxy) is 1. The first-order chi connectivity index (χ1) is 9.49. The minimum Gasteiger partial charge on any atom is -0.468 e. The summed E-state index contributed by atoms with van der Waals surface area (Å²) in [6.07, 6.45) is 3.02. The van der Waals surface area contributed by atoms with Gasteiger partial charge in [-0.15, -0.1) is 0 Å². The molecule has 20 heavy (non-hydrogen) atoms. The van der Waals surface area contributed by atoms with Gasteiger partial charge >= 0.3 is 5.97 Å². The molecule has 0 unspecified atom stereocenters. The highest BCUT2D eigenvalue weighted by Gasteiger charge is 2.13. The van der Waals surface area contributed by atoms with Gasteiger partial charge in [0.25, 0.3) is 5.91 Å². The second kappa shape index (κ2) is 5.55. The third-order valence-corrected chi connectivity index (χ3v) is 2.64. The van der Waals surface area contributed by atoms with Crippen LogP contribution in [-0.2, 0) is 23.1 Å². The number of hydrogen-bond donors (Lipinski definition) is 1. The summed E-state index contributed by atoms with van der Waals surface area (Å²) < 4.78 is 7.42. The molecule has 0 atom stereocenters. The fraction of sp³-hybridized carbons (Fsp3) is 0.333. The number of methoxy groups -OCH3 is 1. The maximum Gasteiger partial charge on any atom is 0.327 e. The smallest absolute Gasteiger partial charge is 0.327 e. The molecule has 2 rings (SSSR count). The van der Waals surface area contributed by atoms with Gasteiger partial charge in [0, 0.05) is 13.2 Å². The van der Waals surface area contributed by atoms with Crippen molar-refractivity contribution in [2.45, 2.75) is 13.5 Å². The SMILES string of the molecule is COC(=O)Cn1cc(NC(=O)c2cc(C)nn2C)cn1. The molecule has 1 amide bonds. The van der Waals surface area contributed by atoms with Crippen LogP contribution in [0, 0.1) is 6.92 Å². The fourth-order valence-electron chi connectivity index (χ4n) is 1.73. The minimum atomic E-state index is -0.409. The van der Waals surface area contributed by atoms with Gasteiger partial charge < -0.3 is 10.1 Å². The summed E-state index contributed by atoms with van der Waals surface area (Å²) in [5, 5.41) is 10.7. The standard InChI is InChI=1S/C12H15N5O3/c1-8-4-10(16(2)15-8)12(19)14-9-5-13-17(6-9)7-11(18)20-3/h4-6H,7H2,1-3H3,(H,14,19). The summed E-state index contributed by atoms with van der Waals surface area (Å²) in [6, 6.07) is 1.69. The van der Waals surface area contributed by atoms with Crippen LogP contribution in [0.4, 0.5) is 5.69 Å². The Balaban J connectivity index is 2.05. The van der Waals surface area contributed by atoms with Crippen LogP contribution in [0.5, 0.6) is 0 Å². The lowest BCUT2D eigenvalue weighted by atomic mass is 10.3. The molecule has 8 heteroatoms. The molecule has 106 valence electrons. The Morgan fingerprint density at radius 3 is 2.80 bits per heavy atom. The number of hydrogen-bond acceptors (Lipinski definition) is 5. The molecule has 2 heterocycles. The highest BCUT2D eigenvalue weighted by atomic mass is 16.5. The van der Waals surface area contributed by atoms with Crippen LogP contribution < -0.4 is 5.32 Å². The first-order valence-corrected chi connectivity index (χ1v) is 5.91. The summed E-state index contributed by atoms with van der Waals surface area (Å²) in [4.78, 5) is 23.1. The molecular formula is C12H15N5O3. The summed E-state index contributed by atoms with van der Waals surface area (Å²) in [6.45, 7) is 1.81. The number of esters is 1. The van der Waals surface area contributed by atoms with Gasteiger partial charge in [-0.2, -0.15) is 10.2 Å². The van der Waals surface area contributed by atoms with Crippen molar-refractivity contribution >= 4 is 17.6 Å². The quantitative estimate of drug-likeness (QED) is 0.814. The highest BCUT2D eigenvalue weighted by Crippen LogP contribution is 2.09. The number of aryl methyl sites for hydroxylation is 2. The molecule has 0 bridgehead atoms. The Morgan fingerprint density at radius 1 is 1.45 bits per heavy atom. The van der Waals surface area contributed by atoms with Crippen molar-refractivity contribution in [3.8, 4) is 0 Å². The van der Waals surface area contributed by atoms with Crippen molar-refractivity contribution in [1.29, 1.82) is 0 Å². The van der Waals surface area contributed by atoms with E-state index in [0.717, 1.165) is 5.69 Å². The van der Waals surface area contributed by atoms with Crippen molar-refractivity contribution in [2.24, 2.45) is 7.05 Å². The van der Waals surface area contributed by atoms with Crippen molar-refractivity contribution in [2.75, 3.05) is 12.4 Å². The lowest BCUT2D eigenvalue weighted by molar-refractivity contribution is -0.141. The van der Waals surface area contributed by atoms with E-state index in [4.69, 9.17) is 0 Å². The Kier molecular flexibility index (Phi) is 3.83. The fourth-order valence-corrected chi connectivity index (χ4v) is 1.73. The molecule has 1 N–H and O–H groups in total. The number of carbonyl (C=O) groups excluding carboxylic acids is 2. The van der Waals surface area contributed by atoms with Crippen molar-refractivity contribution in [3.63, 3.8) is 0 Å². The van der Waals surface area contributed by atoms with Gasteiger partial charge in [-0.05, 0) is 13.0 Å². The predicted molar refractivity (Wildman–Crippen MR) is 70.1 cm³/mol. The van der Waals surface area contributed by atoms with Gasteiger partial charge in [-0.25, -0.2) is 0 Å². The number of amides is 1. The van der Waals surface area contributed by atoms with Crippen molar-refractivity contribution in [3.05, 3.63) is 29.8 Å². The van der Waals surface area contributed by atoms with Crippen molar-refractivity contribution < 1.29 is 14.3 Å². The molecule has 2 aromatic rings. The second-order valence-corrected chi connectivity index (χ2v) is 4.25. The number of carbonyl (C=O) groups is 2. The molecular weight excluding hydrogens is 262 g/mol. The van der Waals surface area contributed by atoms with Crippen LogP contribution in [0.3, 0.4) is 0 Å². The zero-order chi connectivity index (χ0) is 14.7. The molecule has 2 aromatic heterocycles. The van der Waals surface area contributed by atoms with E-state index in [9.17, 15) is 9.59 Å². The average molecular weight is 277 g/mol. The van der Waals surface area contributed by atoms with E-state index in [1.165, 1.54) is 22.7 Å². The molecule has 0 aromatic carbocycles. The first-order valence-electron chi connectivity index (χ1n) is 5.91. The zero-order valence-corrected chi connectivity index (χ0v) is 11.5. The third-order valence-electron chi connectivity index (χ3n) is 2.64. The largest absolute Gasteiger partial charge is 0.468 e. The van der Waals surface area contributed by atoms with E-state index in [2.05, 4.69) is 20.3 Å². The summed E-state index contributed by atoms with van der Waals surface area (Å²) in [5.41, 5.74) is 1.71. The predicted octanol–water partition coefficient (Wildman–Crippen LogP) is 0.350. The van der Waals surface area contributed by atoms with E-state index >= 15 is 0 Å². The molecule has 0 aliphatic carbocycles. The Bertz CT molecular complexity index is 643. The van der Waals surface area contributed by atoms with E-state index in [0.29, 0.717) is 11.4 Å². The average Bonchev–Trinajstić information content (AvgIpc) is 2.95. The normalized spacial score (nSPS) is 10.3. The van der Waals surface area contributed by atoms with Gasteiger partial charge in [0.1, 0.15) is 12.2 Å². The zero-order valence-electron chi connectivity index (χ0n) is 11.5. The second-order valence-electron chi connectivity index (χ2n) is 4.25. The number of nitrogens with one attached hydrogen (secondary N) is 1.